The molecule has 2 amide bonds. The largest absolute Gasteiger partial charge is 0.527 e. The average Bonchev–Trinajstić information content (AvgIpc) is 2.44. The van der Waals surface area contributed by atoms with Gasteiger partial charge in [-0.1, -0.05) is 12.1 Å². The molecule has 0 aliphatic carbocycles. The van der Waals surface area contributed by atoms with Gasteiger partial charge in [-0.3, -0.25) is 10.1 Å². The summed E-state index contributed by atoms with van der Waals surface area (Å²) in [6.07, 6.45) is -1.71. The van der Waals surface area contributed by atoms with Crippen molar-refractivity contribution < 1.29 is 28.5 Å². The van der Waals surface area contributed by atoms with Gasteiger partial charge < -0.3 is 9.47 Å². The number of nitrogens with zero attached hydrogens (tertiary/aromatic N) is 2. The zero-order chi connectivity index (χ0) is 17.8. The van der Waals surface area contributed by atoms with Gasteiger partial charge in [-0.15, -0.1) is 4.48 Å². The number of benzene rings is 1. The highest BCUT2D eigenvalue weighted by Gasteiger charge is 2.47. The Kier molecular flexibility index (Phi) is 5.44. The smallest absolute Gasteiger partial charge is 0.423 e. The van der Waals surface area contributed by atoms with Crippen molar-refractivity contribution in [3.05, 3.63) is 39.9 Å². The molecule has 0 N–H and O–H groups in total. The van der Waals surface area contributed by atoms with E-state index in [4.69, 9.17) is 4.74 Å². The number of nitro benzene ring substituents is 1. The number of methoxy groups -OCH3 is 1. The number of carbonyl (C=O) groups excluding carboxylic acids is 2. The molecule has 1 aromatic rings. The minimum Gasteiger partial charge on any atom is -0.423 e. The topological polar surface area (TPSA) is 95.7 Å². The quantitative estimate of drug-likeness (QED) is 0.481. The molecule has 1 unspecified atom stereocenters. The fourth-order valence-electron chi connectivity index (χ4n) is 1.93. The van der Waals surface area contributed by atoms with Crippen LogP contribution >= 0.6 is 0 Å². The summed E-state index contributed by atoms with van der Waals surface area (Å²) < 4.78 is 9.06. The SMILES string of the molecule is COC(=O)[N+](C)(Cc1ccccc1[N+](=O)[O-])C(=O)OC(C)(C)C. The molecule has 0 aliphatic heterocycles. The molecular formula is C15H21N2O6+. The molecule has 0 aliphatic rings. The van der Waals surface area contributed by atoms with E-state index in [1.54, 1.807) is 26.8 Å². The Labute approximate surface area is 134 Å². The molecule has 23 heavy (non-hydrogen) atoms. The maximum Gasteiger partial charge on any atom is 0.527 e. The third-order valence-electron chi connectivity index (χ3n) is 3.05. The molecule has 0 saturated carbocycles. The van der Waals surface area contributed by atoms with Crippen LogP contribution in [-0.4, -0.2) is 41.4 Å². The van der Waals surface area contributed by atoms with Crippen molar-refractivity contribution in [3.63, 3.8) is 0 Å². The molecule has 0 fully saturated rings. The van der Waals surface area contributed by atoms with Gasteiger partial charge in [0.05, 0.1) is 24.6 Å². The standard InChI is InChI=1S/C15H21N2O6/c1-15(2,3)23-14(19)17(4,13(18)22-5)10-11-8-6-7-9-12(11)16(20)21/h6-9H,10H2,1-5H3/q+1. The Morgan fingerprint density at radius 3 is 2.26 bits per heavy atom. The fraction of sp³-hybridized carbons (Fsp3) is 0.467. The molecule has 0 saturated heterocycles. The lowest BCUT2D eigenvalue weighted by atomic mass is 10.1. The number of hydrogen-bond acceptors (Lipinski definition) is 6. The van der Waals surface area contributed by atoms with Crippen molar-refractivity contribution >= 4 is 17.9 Å². The van der Waals surface area contributed by atoms with Crippen molar-refractivity contribution in [1.29, 1.82) is 0 Å². The van der Waals surface area contributed by atoms with Gasteiger partial charge in [0.15, 0.2) is 0 Å². The highest BCUT2D eigenvalue weighted by molar-refractivity contribution is 5.76. The summed E-state index contributed by atoms with van der Waals surface area (Å²) in [5.74, 6) is 0. The third kappa shape index (κ3) is 4.49. The molecule has 8 nitrogen and oxygen atoms in total. The normalized spacial score (nSPS) is 13.8. The molecule has 1 rings (SSSR count). The van der Waals surface area contributed by atoms with E-state index in [1.165, 1.54) is 25.2 Å². The lowest BCUT2D eigenvalue weighted by molar-refractivity contribution is -0.779. The number of imide groups is 1. The van der Waals surface area contributed by atoms with Crippen molar-refractivity contribution in [2.75, 3.05) is 14.2 Å². The lowest BCUT2D eigenvalue weighted by Gasteiger charge is -2.29. The first-order chi connectivity index (χ1) is 10.5. The molecule has 0 aromatic heterocycles. The maximum absolute atomic E-state index is 12.4. The minimum atomic E-state index is -0.890. The monoisotopic (exact) mass is 325 g/mol. The van der Waals surface area contributed by atoms with Crippen LogP contribution in [0.2, 0.25) is 0 Å². The summed E-state index contributed by atoms with van der Waals surface area (Å²) in [5, 5.41) is 11.1. The van der Waals surface area contributed by atoms with Crippen LogP contribution in [0, 0.1) is 10.1 Å². The second kappa shape index (κ2) is 6.74. The second-order valence-electron chi connectivity index (χ2n) is 6.19. The molecule has 0 heterocycles. The van der Waals surface area contributed by atoms with Gasteiger partial charge >= 0.3 is 12.2 Å². The number of quaternary nitrogens is 1. The van der Waals surface area contributed by atoms with Crippen LogP contribution in [0.1, 0.15) is 26.3 Å². The van der Waals surface area contributed by atoms with E-state index >= 15 is 0 Å². The van der Waals surface area contributed by atoms with Crippen molar-refractivity contribution in [2.24, 2.45) is 0 Å². The van der Waals surface area contributed by atoms with Crippen molar-refractivity contribution in [2.45, 2.75) is 32.9 Å². The van der Waals surface area contributed by atoms with Crippen LogP contribution in [0.15, 0.2) is 24.3 Å². The van der Waals surface area contributed by atoms with Crippen LogP contribution in [0.4, 0.5) is 15.3 Å². The molecule has 0 bridgehead atoms. The van der Waals surface area contributed by atoms with E-state index in [9.17, 15) is 19.7 Å². The third-order valence-corrected chi connectivity index (χ3v) is 3.05. The molecule has 8 heteroatoms. The van der Waals surface area contributed by atoms with Gasteiger partial charge in [0.25, 0.3) is 5.69 Å². The minimum absolute atomic E-state index is 0.177. The Bertz CT molecular complexity index is 623. The molecule has 1 atom stereocenters. The molecular weight excluding hydrogens is 304 g/mol. The Morgan fingerprint density at radius 2 is 1.78 bits per heavy atom. The van der Waals surface area contributed by atoms with Gasteiger partial charge in [-0.05, 0) is 26.8 Å². The number of hydrogen-bond donors (Lipinski definition) is 0. The van der Waals surface area contributed by atoms with Crippen LogP contribution in [0.25, 0.3) is 0 Å². The van der Waals surface area contributed by atoms with Gasteiger partial charge in [0, 0.05) is 6.07 Å². The number of amides is 2. The molecule has 0 radical (unpaired) electrons. The van der Waals surface area contributed by atoms with Gasteiger partial charge in [0.1, 0.15) is 12.1 Å². The fourth-order valence-corrected chi connectivity index (χ4v) is 1.93. The molecule has 1 aromatic carbocycles. The summed E-state index contributed by atoms with van der Waals surface area (Å²) >= 11 is 0. The second-order valence-corrected chi connectivity index (χ2v) is 6.19. The zero-order valence-corrected chi connectivity index (χ0v) is 13.9. The Morgan fingerprint density at radius 1 is 1.22 bits per heavy atom. The summed E-state index contributed by atoms with van der Waals surface area (Å²) in [6, 6.07) is 5.91. The van der Waals surface area contributed by atoms with Gasteiger partial charge in [-0.2, -0.15) is 9.59 Å². The summed E-state index contributed by atoms with van der Waals surface area (Å²) in [7, 11) is 2.44. The van der Waals surface area contributed by atoms with Crippen LogP contribution in [-0.2, 0) is 16.0 Å². The highest BCUT2D eigenvalue weighted by Crippen LogP contribution is 2.25. The van der Waals surface area contributed by atoms with Crippen LogP contribution in [0.3, 0.4) is 0 Å². The van der Waals surface area contributed by atoms with E-state index in [-0.39, 0.29) is 17.8 Å². The van der Waals surface area contributed by atoms with Crippen molar-refractivity contribution in [1.82, 2.24) is 0 Å². The molecule has 0 spiro atoms. The number of ether oxygens (including phenoxy) is 2. The van der Waals surface area contributed by atoms with E-state index < -0.39 is 27.2 Å². The first-order valence-corrected chi connectivity index (χ1v) is 6.91. The van der Waals surface area contributed by atoms with Crippen molar-refractivity contribution in [3.8, 4) is 0 Å². The number of para-hydroxylation sites is 1. The Hall–Kier alpha value is -2.48. The summed E-state index contributed by atoms with van der Waals surface area (Å²) in [6.45, 7) is 4.74. The van der Waals surface area contributed by atoms with E-state index in [0.29, 0.717) is 0 Å². The Balaban J connectivity index is 3.26. The van der Waals surface area contributed by atoms with Crippen LogP contribution in [0.5, 0.6) is 0 Å². The van der Waals surface area contributed by atoms with Gasteiger partial charge in [0.2, 0.25) is 0 Å². The first-order valence-electron chi connectivity index (χ1n) is 6.91. The molecule has 126 valence electrons. The van der Waals surface area contributed by atoms with E-state index in [1.807, 2.05) is 0 Å². The van der Waals surface area contributed by atoms with E-state index in [0.717, 1.165) is 7.11 Å². The number of carbonyl (C=O) groups is 2. The lowest BCUT2D eigenvalue weighted by Crippen LogP contribution is -2.55. The predicted octanol–water partition coefficient (Wildman–Crippen LogP) is 3.24. The highest BCUT2D eigenvalue weighted by atomic mass is 16.6. The van der Waals surface area contributed by atoms with Gasteiger partial charge in [-0.25, -0.2) is 0 Å². The van der Waals surface area contributed by atoms with Crippen LogP contribution < -0.4 is 0 Å². The first kappa shape index (κ1) is 18.6. The maximum atomic E-state index is 12.4. The summed E-state index contributed by atoms with van der Waals surface area (Å²) in [4.78, 5) is 35.1. The predicted molar refractivity (Wildman–Crippen MR) is 81.6 cm³/mol. The van der Waals surface area contributed by atoms with E-state index in [2.05, 4.69) is 4.74 Å². The average molecular weight is 325 g/mol. The number of nitro groups is 1. The summed E-state index contributed by atoms with van der Waals surface area (Å²) in [5.41, 5.74) is -0.756. The zero-order valence-electron chi connectivity index (χ0n) is 13.9. The number of rotatable bonds is 3.